The first-order valence-corrected chi connectivity index (χ1v) is 4.21. The van der Waals surface area contributed by atoms with Crippen LogP contribution in [-0.2, 0) is 11.2 Å². The van der Waals surface area contributed by atoms with Gasteiger partial charge in [0.05, 0.1) is 12.8 Å². The lowest BCUT2D eigenvalue weighted by Crippen LogP contribution is -1.99. The number of aryl methyl sites for hydroxylation is 1. The minimum absolute atomic E-state index is 0.174. The first-order valence-electron chi connectivity index (χ1n) is 4.21. The summed E-state index contributed by atoms with van der Waals surface area (Å²) in [6.45, 7) is 1.58. The molecule has 0 N–H and O–H groups in total. The van der Waals surface area contributed by atoms with Crippen molar-refractivity contribution >= 4 is 5.78 Å². The molecule has 0 spiro atoms. The molecule has 0 aliphatic rings. The predicted molar refractivity (Wildman–Crippen MR) is 49.8 cm³/mol. The Labute approximate surface area is 77.8 Å². The summed E-state index contributed by atoms with van der Waals surface area (Å²) < 4.78 is 5.10. The van der Waals surface area contributed by atoms with Gasteiger partial charge in [0.25, 0.3) is 0 Å². The van der Waals surface area contributed by atoms with Crippen LogP contribution in [0.25, 0.3) is 0 Å². The van der Waals surface area contributed by atoms with E-state index in [1.165, 1.54) is 0 Å². The molecule has 13 heavy (non-hydrogen) atoms. The summed E-state index contributed by atoms with van der Waals surface area (Å²) in [4.78, 5) is 14.9. The average Bonchev–Trinajstić information content (AvgIpc) is 2.15. The van der Waals surface area contributed by atoms with Gasteiger partial charge in [-0.2, -0.15) is 0 Å². The number of carbonyl (C=O) groups is 1. The molecule has 70 valence electrons. The van der Waals surface area contributed by atoms with Crippen molar-refractivity contribution in [2.24, 2.45) is 0 Å². The van der Waals surface area contributed by atoms with Gasteiger partial charge < -0.3 is 9.53 Å². The molecule has 0 saturated carbocycles. The minimum atomic E-state index is 0.174. The van der Waals surface area contributed by atoms with E-state index in [4.69, 9.17) is 4.74 Å². The molecule has 0 aromatic carbocycles. The molecule has 0 aliphatic heterocycles. The molecule has 3 nitrogen and oxygen atoms in total. The van der Waals surface area contributed by atoms with Crippen LogP contribution in [0.3, 0.4) is 0 Å². The Balaban J connectivity index is 2.69. The number of Topliss-reactive ketones (excluding diaryl/α,β-unsaturated/α-hetero) is 1. The Bertz CT molecular complexity index is 297. The summed E-state index contributed by atoms with van der Waals surface area (Å²) in [5.74, 6) is 0.927. The van der Waals surface area contributed by atoms with E-state index in [0.29, 0.717) is 12.8 Å². The molecule has 1 aromatic rings. The molecule has 0 bridgehead atoms. The van der Waals surface area contributed by atoms with Crippen molar-refractivity contribution in [3.05, 3.63) is 24.0 Å². The fourth-order valence-electron chi connectivity index (χ4n) is 1.09. The summed E-state index contributed by atoms with van der Waals surface area (Å²) >= 11 is 0. The Morgan fingerprint density at radius 1 is 1.62 bits per heavy atom. The molecule has 0 radical (unpaired) electrons. The van der Waals surface area contributed by atoms with E-state index in [-0.39, 0.29) is 5.78 Å². The Morgan fingerprint density at radius 3 is 3.00 bits per heavy atom. The van der Waals surface area contributed by atoms with Crippen LogP contribution in [0.1, 0.15) is 19.0 Å². The topological polar surface area (TPSA) is 39.2 Å². The molecule has 0 unspecified atom stereocenters. The second-order valence-electron chi connectivity index (χ2n) is 2.85. The Hall–Kier alpha value is -1.38. The van der Waals surface area contributed by atoms with E-state index in [1.807, 2.05) is 12.1 Å². The maximum absolute atomic E-state index is 10.7. The number of pyridine rings is 1. The second kappa shape index (κ2) is 4.60. The SMILES string of the molecule is COc1cccnc1CCC(C)=O. The normalized spacial score (nSPS) is 9.69. The highest BCUT2D eigenvalue weighted by Crippen LogP contribution is 2.15. The number of hydrogen-bond acceptors (Lipinski definition) is 3. The number of aromatic nitrogens is 1. The van der Waals surface area contributed by atoms with E-state index in [0.717, 1.165) is 11.4 Å². The van der Waals surface area contributed by atoms with E-state index in [1.54, 1.807) is 20.2 Å². The van der Waals surface area contributed by atoms with E-state index >= 15 is 0 Å². The van der Waals surface area contributed by atoms with Gasteiger partial charge in [-0.1, -0.05) is 0 Å². The average molecular weight is 179 g/mol. The van der Waals surface area contributed by atoms with Gasteiger partial charge in [-0.25, -0.2) is 0 Å². The van der Waals surface area contributed by atoms with Crippen LogP contribution < -0.4 is 4.74 Å². The zero-order chi connectivity index (χ0) is 9.68. The third-order valence-corrected chi connectivity index (χ3v) is 1.78. The second-order valence-corrected chi connectivity index (χ2v) is 2.85. The molecule has 0 saturated heterocycles. The lowest BCUT2D eigenvalue weighted by atomic mass is 10.1. The first-order chi connectivity index (χ1) is 6.24. The van der Waals surface area contributed by atoms with Gasteiger partial charge in [0.15, 0.2) is 0 Å². The van der Waals surface area contributed by atoms with Crippen LogP contribution >= 0.6 is 0 Å². The standard InChI is InChI=1S/C10H13NO2/c1-8(12)5-6-9-10(13-2)4-3-7-11-9/h3-4,7H,5-6H2,1-2H3. The van der Waals surface area contributed by atoms with Crippen molar-refractivity contribution in [1.82, 2.24) is 4.98 Å². The van der Waals surface area contributed by atoms with E-state index in [2.05, 4.69) is 4.98 Å². The fourth-order valence-corrected chi connectivity index (χ4v) is 1.09. The van der Waals surface area contributed by atoms with Crippen molar-refractivity contribution in [3.8, 4) is 5.75 Å². The highest BCUT2D eigenvalue weighted by molar-refractivity contribution is 5.75. The van der Waals surface area contributed by atoms with Crippen molar-refractivity contribution in [2.45, 2.75) is 19.8 Å². The summed E-state index contributed by atoms with van der Waals surface area (Å²) in [6.07, 6.45) is 2.88. The third kappa shape index (κ3) is 2.86. The molecule has 0 atom stereocenters. The van der Waals surface area contributed by atoms with Crippen LogP contribution in [0, 0.1) is 0 Å². The third-order valence-electron chi connectivity index (χ3n) is 1.78. The lowest BCUT2D eigenvalue weighted by molar-refractivity contribution is -0.116. The van der Waals surface area contributed by atoms with Crippen molar-refractivity contribution in [1.29, 1.82) is 0 Å². The van der Waals surface area contributed by atoms with Gasteiger partial charge in [0, 0.05) is 19.0 Å². The van der Waals surface area contributed by atoms with Crippen molar-refractivity contribution in [2.75, 3.05) is 7.11 Å². The molecule has 3 heteroatoms. The first kappa shape index (κ1) is 9.71. The predicted octanol–water partition coefficient (Wildman–Crippen LogP) is 1.61. The number of rotatable bonds is 4. The summed E-state index contributed by atoms with van der Waals surface area (Å²) in [7, 11) is 1.61. The number of ketones is 1. The fraction of sp³-hybridized carbons (Fsp3) is 0.400. The summed E-state index contributed by atoms with van der Waals surface area (Å²) in [6, 6.07) is 3.67. The minimum Gasteiger partial charge on any atom is -0.495 e. The van der Waals surface area contributed by atoms with Gasteiger partial charge in [-0.3, -0.25) is 4.98 Å². The maximum atomic E-state index is 10.7. The lowest BCUT2D eigenvalue weighted by Gasteiger charge is -2.04. The highest BCUT2D eigenvalue weighted by Gasteiger charge is 2.03. The molecular formula is C10H13NO2. The van der Waals surface area contributed by atoms with E-state index in [9.17, 15) is 4.79 Å². The number of methoxy groups -OCH3 is 1. The molecule has 1 aromatic heterocycles. The Kier molecular flexibility index (Phi) is 3.43. The number of nitrogens with zero attached hydrogens (tertiary/aromatic N) is 1. The zero-order valence-electron chi connectivity index (χ0n) is 7.91. The summed E-state index contributed by atoms with van der Waals surface area (Å²) in [5, 5.41) is 0. The molecule has 1 heterocycles. The van der Waals surface area contributed by atoms with E-state index < -0.39 is 0 Å². The van der Waals surface area contributed by atoms with Gasteiger partial charge in [0.1, 0.15) is 11.5 Å². The Morgan fingerprint density at radius 2 is 2.38 bits per heavy atom. The summed E-state index contributed by atoms with van der Waals surface area (Å²) in [5.41, 5.74) is 0.847. The molecular weight excluding hydrogens is 166 g/mol. The van der Waals surface area contributed by atoms with Gasteiger partial charge in [-0.15, -0.1) is 0 Å². The number of ether oxygens (including phenoxy) is 1. The van der Waals surface area contributed by atoms with Crippen molar-refractivity contribution < 1.29 is 9.53 Å². The number of carbonyl (C=O) groups excluding carboxylic acids is 1. The van der Waals surface area contributed by atoms with Crippen LogP contribution in [0.2, 0.25) is 0 Å². The van der Waals surface area contributed by atoms with Crippen LogP contribution in [0.4, 0.5) is 0 Å². The number of hydrogen-bond donors (Lipinski definition) is 0. The molecule has 0 fully saturated rings. The monoisotopic (exact) mass is 179 g/mol. The maximum Gasteiger partial charge on any atom is 0.140 e. The van der Waals surface area contributed by atoms with Crippen LogP contribution in [0.15, 0.2) is 18.3 Å². The van der Waals surface area contributed by atoms with Gasteiger partial charge in [-0.05, 0) is 19.1 Å². The van der Waals surface area contributed by atoms with Crippen molar-refractivity contribution in [3.63, 3.8) is 0 Å². The zero-order valence-corrected chi connectivity index (χ0v) is 7.91. The van der Waals surface area contributed by atoms with Gasteiger partial charge >= 0.3 is 0 Å². The largest absolute Gasteiger partial charge is 0.495 e. The highest BCUT2D eigenvalue weighted by atomic mass is 16.5. The van der Waals surface area contributed by atoms with Gasteiger partial charge in [0.2, 0.25) is 0 Å². The van der Waals surface area contributed by atoms with Crippen LogP contribution in [0.5, 0.6) is 5.75 Å². The smallest absolute Gasteiger partial charge is 0.140 e. The van der Waals surface area contributed by atoms with Crippen LogP contribution in [-0.4, -0.2) is 17.9 Å². The quantitative estimate of drug-likeness (QED) is 0.705. The molecule has 1 rings (SSSR count). The molecule has 0 amide bonds. The molecule has 0 aliphatic carbocycles.